The minimum absolute atomic E-state index is 0.209. The zero-order valence-electron chi connectivity index (χ0n) is 5.49. The molecule has 5 heteroatoms. The Kier molecular flexibility index (Phi) is 3.00. The van der Waals surface area contributed by atoms with E-state index in [1.807, 2.05) is 0 Å². The van der Waals surface area contributed by atoms with Crippen molar-refractivity contribution >= 4 is 21.6 Å². The first-order valence-electron chi connectivity index (χ1n) is 3.11. The number of hydrogen-bond acceptors (Lipinski definition) is 3. The van der Waals surface area contributed by atoms with Crippen LogP contribution in [0, 0.1) is 0 Å². The summed E-state index contributed by atoms with van der Waals surface area (Å²) in [5.41, 5.74) is 0. The van der Waals surface area contributed by atoms with Crippen molar-refractivity contribution in [2.75, 3.05) is 18.1 Å². The van der Waals surface area contributed by atoms with Crippen LogP contribution in [0.25, 0.3) is 0 Å². The van der Waals surface area contributed by atoms with Gasteiger partial charge in [-0.25, -0.2) is 0 Å². The Morgan fingerprint density at radius 3 is 2.10 bits per heavy atom. The predicted octanol–water partition coefficient (Wildman–Crippen LogP) is -0.794. The summed E-state index contributed by atoms with van der Waals surface area (Å²) in [7, 11) is -2.12. The van der Waals surface area contributed by atoms with E-state index in [2.05, 4.69) is 0 Å². The fourth-order valence-corrected chi connectivity index (χ4v) is 4.33. The Balaban J connectivity index is 2.62. The van der Waals surface area contributed by atoms with Gasteiger partial charge in [-0.1, -0.05) is 0 Å². The van der Waals surface area contributed by atoms with Crippen LogP contribution in [0.4, 0.5) is 0 Å². The topological polar surface area (TPSA) is 54.4 Å². The van der Waals surface area contributed by atoms with Crippen molar-refractivity contribution in [1.29, 1.82) is 0 Å². The van der Waals surface area contributed by atoms with Crippen LogP contribution in [-0.2, 0) is 21.6 Å². The zero-order valence-corrected chi connectivity index (χ0v) is 7.12. The molecule has 10 heavy (non-hydrogen) atoms. The minimum Gasteiger partial charge on any atom is -0.394 e. The van der Waals surface area contributed by atoms with E-state index in [0.717, 1.165) is 6.42 Å². The molecule has 0 aromatic rings. The number of hydrogen-bond donors (Lipinski definition) is 1. The molecule has 1 heterocycles. The maximum absolute atomic E-state index is 11.0. The lowest BCUT2D eigenvalue weighted by Gasteiger charge is -2.17. The van der Waals surface area contributed by atoms with Crippen LogP contribution < -0.4 is 0 Å². The van der Waals surface area contributed by atoms with Gasteiger partial charge >= 0.3 is 0 Å². The van der Waals surface area contributed by atoms with Gasteiger partial charge in [0.2, 0.25) is 0 Å². The summed E-state index contributed by atoms with van der Waals surface area (Å²) < 4.78 is 21.5. The molecule has 3 nitrogen and oxygen atoms in total. The Bertz CT molecular complexity index is 152. The summed E-state index contributed by atoms with van der Waals surface area (Å²) in [6.45, 7) is -0.209. The molecule has 0 spiro atoms. The third-order valence-corrected chi connectivity index (χ3v) is 5.57. The molecule has 0 bridgehead atoms. The molecule has 1 saturated heterocycles. The van der Waals surface area contributed by atoms with Gasteiger partial charge in [-0.2, -0.15) is 0 Å². The highest BCUT2D eigenvalue weighted by atomic mass is 32.2. The van der Waals surface area contributed by atoms with Crippen molar-refractivity contribution in [2.45, 2.75) is 11.0 Å². The van der Waals surface area contributed by atoms with E-state index in [0.29, 0.717) is 11.5 Å². The monoisotopic (exact) mass is 182 g/mol. The van der Waals surface area contributed by atoms with Crippen molar-refractivity contribution in [2.24, 2.45) is 0 Å². The second-order valence-corrected chi connectivity index (χ2v) is 5.91. The smallest absolute Gasteiger partial charge is 0.133 e. The molecule has 1 rings (SSSR count). The van der Waals surface area contributed by atoms with Gasteiger partial charge in [-0.3, -0.25) is 8.42 Å². The highest BCUT2D eigenvalue weighted by Gasteiger charge is 2.26. The fourth-order valence-electron chi connectivity index (χ4n) is 0.892. The molecular formula is C5H10O3S2. The van der Waals surface area contributed by atoms with Crippen LogP contribution in [0.3, 0.4) is 0 Å². The summed E-state index contributed by atoms with van der Waals surface area (Å²) in [5.74, 6) is 1.19. The Hall–Kier alpha value is 0.260. The number of aliphatic hydroxyl groups is 1. The average Bonchev–Trinajstić information content (AvgIpc) is 1.88. The lowest BCUT2D eigenvalue weighted by molar-refractivity contribution is 0.312. The van der Waals surface area contributed by atoms with Crippen LogP contribution in [0.2, 0.25) is 0 Å². The van der Waals surface area contributed by atoms with Gasteiger partial charge in [0.25, 0.3) is 0 Å². The van der Waals surface area contributed by atoms with Crippen molar-refractivity contribution in [1.82, 2.24) is 0 Å². The summed E-state index contributed by atoms with van der Waals surface area (Å²) in [6, 6.07) is 0. The minimum atomic E-state index is -1.06. The summed E-state index contributed by atoms with van der Waals surface area (Å²) >= 11 is 0. The van der Waals surface area contributed by atoms with E-state index >= 15 is 0 Å². The van der Waals surface area contributed by atoms with Gasteiger partial charge in [0.15, 0.2) is 0 Å². The van der Waals surface area contributed by atoms with Crippen molar-refractivity contribution in [3.63, 3.8) is 0 Å². The normalized spacial score (nSPS) is 41.5. The first-order valence-corrected chi connectivity index (χ1v) is 5.87. The van der Waals surface area contributed by atoms with Crippen molar-refractivity contribution in [3.8, 4) is 0 Å². The molecule has 0 aromatic heterocycles. The average molecular weight is 182 g/mol. The van der Waals surface area contributed by atoms with E-state index in [1.165, 1.54) is 0 Å². The second-order valence-electron chi connectivity index (χ2n) is 2.14. The van der Waals surface area contributed by atoms with Crippen LogP contribution in [0.5, 0.6) is 0 Å². The van der Waals surface area contributed by atoms with Crippen LogP contribution >= 0.6 is 0 Å². The number of aliphatic hydroxyl groups excluding tert-OH is 1. The summed E-state index contributed by atoms with van der Waals surface area (Å²) in [6.07, 6.45) is 0.760. The summed E-state index contributed by atoms with van der Waals surface area (Å²) in [4.78, 5) is 0. The third kappa shape index (κ3) is 1.65. The molecule has 0 aliphatic carbocycles. The van der Waals surface area contributed by atoms with Crippen molar-refractivity contribution < 1.29 is 13.5 Å². The maximum atomic E-state index is 11.0. The molecule has 1 aliphatic heterocycles. The Morgan fingerprint density at radius 2 is 1.80 bits per heavy atom. The van der Waals surface area contributed by atoms with Gasteiger partial charge < -0.3 is 5.11 Å². The Labute approximate surface area is 64.7 Å². The van der Waals surface area contributed by atoms with Gasteiger partial charge in [-0.15, -0.1) is 0 Å². The molecule has 1 fully saturated rings. The molecular weight excluding hydrogens is 172 g/mol. The molecule has 0 amide bonds. The van der Waals surface area contributed by atoms with Crippen LogP contribution in [-0.4, -0.2) is 36.2 Å². The van der Waals surface area contributed by atoms with Gasteiger partial charge in [0, 0.05) is 33.1 Å². The molecule has 2 unspecified atom stereocenters. The quantitative estimate of drug-likeness (QED) is 0.578. The van der Waals surface area contributed by atoms with E-state index in [4.69, 9.17) is 5.11 Å². The van der Waals surface area contributed by atoms with Crippen LogP contribution in [0.1, 0.15) is 6.42 Å². The third-order valence-electron chi connectivity index (χ3n) is 1.43. The number of rotatable bonds is 1. The molecule has 0 aromatic carbocycles. The molecule has 2 atom stereocenters. The molecule has 60 valence electrons. The molecule has 0 saturated carbocycles. The van der Waals surface area contributed by atoms with E-state index in [-0.39, 0.29) is 6.61 Å². The predicted molar refractivity (Wildman–Crippen MR) is 41.5 cm³/mol. The van der Waals surface area contributed by atoms with Gasteiger partial charge in [-0.05, 0) is 6.42 Å². The molecule has 1 N–H and O–H groups in total. The van der Waals surface area contributed by atoms with Crippen molar-refractivity contribution in [3.05, 3.63) is 0 Å². The molecule has 0 radical (unpaired) electrons. The Morgan fingerprint density at radius 1 is 1.30 bits per heavy atom. The standard InChI is InChI=1S/C5H10O3S2/c6-4-5-9(7)2-1-3-10(5)8/h5-6H,1-4H2. The maximum Gasteiger partial charge on any atom is 0.133 e. The first-order chi connectivity index (χ1) is 4.75. The summed E-state index contributed by atoms with van der Waals surface area (Å²) in [5, 5.41) is 8.65. The van der Waals surface area contributed by atoms with E-state index < -0.39 is 26.2 Å². The highest BCUT2D eigenvalue weighted by molar-refractivity contribution is 8.03. The fraction of sp³-hybridized carbons (Fsp3) is 1.00. The van der Waals surface area contributed by atoms with E-state index in [1.54, 1.807) is 0 Å². The van der Waals surface area contributed by atoms with Crippen LogP contribution in [0.15, 0.2) is 0 Å². The van der Waals surface area contributed by atoms with Gasteiger partial charge in [0.1, 0.15) is 4.58 Å². The lowest BCUT2D eigenvalue weighted by atomic mass is 10.6. The van der Waals surface area contributed by atoms with Gasteiger partial charge in [0.05, 0.1) is 6.61 Å². The lowest BCUT2D eigenvalue weighted by Crippen LogP contribution is -2.33. The van der Waals surface area contributed by atoms with E-state index in [9.17, 15) is 8.42 Å². The highest BCUT2D eigenvalue weighted by Crippen LogP contribution is 2.11. The first kappa shape index (κ1) is 8.36. The second kappa shape index (κ2) is 3.59. The largest absolute Gasteiger partial charge is 0.394 e. The SMILES string of the molecule is O=S1CCCS(=O)C1CO. The zero-order chi connectivity index (χ0) is 7.56. The molecule has 1 aliphatic rings.